The summed E-state index contributed by atoms with van der Waals surface area (Å²) in [5, 5.41) is 11.1. The first kappa shape index (κ1) is 13.6. The molecule has 3 heteroatoms. The molecule has 21 heavy (non-hydrogen) atoms. The van der Waals surface area contributed by atoms with E-state index in [0.717, 1.165) is 5.56 Å². The molecule has 2 aromatic carbocycles. The van der Waals surface area contributed by atoms with Gasteiger partial charge < -0.3 is 9.52 Å². The molecule has 0 aliphatic heterocycles. The normalized spacial score (nSPS) is 12.7. The van der Waals surface area contributed by atoms with E-state index in [9.17, 15) is 9.90 Å². The molecule has 0 saturated heterocycles. The maximum Gasteiger partial charge on any atom is 0.200 e. The van der Waals surface area contributed by atoms with Gasteiger partial charge in [-0.2, -0.15) is 0 Å². The van der Waals surface area contributed by atoms with E-state index < -0.39 is 6.10 Å². The molecule has 0 bridgehead atoms. The Kier molecular flexibility index (Phi) is 3.35. The minimum Gasteiger partial charge on any atom is -0.456 e. The molecule has 1 atom stereocenters. The first-order valence-corrected chi connectivity index (χ1v) is 6.85. The van der Waals surface area contributed by atoms with Crippen molar-refractivity contribution in [1.82, 2.24) is 0 Å². The molecule has 0 aliphatic carbocycles. The van der Waals surface area contributed by atoms with Crippen molar-refractivity contribution >= 4 is 21.9 Å². The Labute approximate surface area is 122 Å². The minimum atomic E-state index is -0.665. The van der Waals surface area contributed by atoms with Crippen molar-refractivity contribution in [3.63, 3.8) is 0 Å². The van der Waals surface area contributed by atoms with Gasteiger partial charge in [-0.15, -0.1) is 0 Å². The van der Waals surface area contributed by atoms with Crippen LogP contribution < -0.4 is 5.43 Å². The highest BCUT2D eigenvalue weighted by Gasteiger charge is 2.14. The summed E-state index contributed by atoms with van der Waals surface area (Å²) in [4.78, 5) is 12.7. The predicted molar refractivity (Wildman–Crippen MR) is 84.5 cm³/mol. The standard InChI is InChI=1S/C18H16O3/c1-11(2)14(19)10-12-6-5-9-16-17(12)18(20)13-7-3-4-8-15(13)21-16/h3-9,14,19H,1,10H2,2H3. The molecule has 3 rings (SSSR count). The van der Waals surface area contributed by atoms with Gasteiger partial charge in [-0.25, -0.2) is 0 Å². The van der Waals surface area contributed by atoms with Gasteiger partial charge in [0.05, 0.1) is 16.9 Å². The molecule has 3 nitrogen and oxygen atoms in total. The second-order valence-electron chi connectivity index (χ2n) is 5.28. The van der Waals surface area contributed by atoms with E-state index in [-0.39, 0.29) is 5.43 Å². The smallest absolute Gasteiger partial charge is 0.200 e. The SMILES string of the molecule is C=C(C)C(O)Cc1cccc2oc3ccccc3c(=O)c12. The van der Waals surface area contributed by atoms with E-state index in [1.54, 1.807) is 25.1 Å². The summed E-state index contributed by atoms with van der Waals surface area (Å²) in [5.41, 5.74) is 2.52. The maximum atomic E-state index is 12.7. The van der Waals surface area contributed by atoms with Gasteiger partial charge >= 0.3 is 0 Å². The van der Waals surface area contributed by atoms with E-state index in [1.807, 2.05) is 24.3 Å². The Morgan fingerprint density at radius 3 is 2.67 bits per heavy atom. The van der Waals surface area contributed by atoms with Gasteiger partial charge in [0.15, 0.2) is 0 Å². The minimum absolute atomic E-state index is 0.0589. The lowest BCUT2D eigenvalue weighted by Gasteiger charge is -2.12. The van der Waals surface area contributed by atoms with Crippen LogP contribution in [0.1, 0.15) is 12.5 Å². The van der Waals surface area contributed by atoms with Crippen molar-refractivity contribution in [3.8, 4) is 0 Å². The molecule has 1 aromatic heterocycles. The Morgan fingerprint density at radius 1 is 1.19 bits per heavy atom. The highest BCUT2D eigenvalue weighted by molar-refractivity contribution is 5.91. The molecule has 1 heterocycles. The molecular formula is C18H16O3. The molecule has 0 amide bonds. The molecule has 1 N–H and O–H groups in total. The van der Waals surface area contributed by atoms with Crippen molar-refractivity contribution < 1.29 is 9.52 Å². The molecule has 106 valence electrons. The molecule has 1 unspecified atom stereocenters. The quantitative estimate of drug-likeness (QED) is 0.590. The second-order valence-corrected chi connectivity index (χ2v) is 5.28. The van der Waals surface area contributed by atoms with E-state index >= 15 is 0 Å². The molecule has 0 radical (unpaired) electrons. The Hall–Kier alpha value is -2.39. The molecular weight excluding hydrogens is 264 g/mol. The summed E-state index contributed by atoms with van der Waals surface area (Å²) in [6.07, 6.45) is -0.308. The zero-order valence-corrected chi connectivity index (χ0v) is 11.8. The number of benzene rings is 2. The molecule has 0 saturated carbocycles. The fourth-order valence-corrected chi connectivity index (χ4v) is 2.47. The van der Waals surface area contributed by atoms with Crippen LogP contribution in [0.2, 0.25) is 0 Å². The molecule has 3 aromatic rings. The third-order valence-electron chi connectivity index (χ3n) is 3.67. The number of aliphatic hydroxyl groups excluding tert-OH is 1. The number of hydrogen-bond donors (Lipinski definition) is 1. The lowest BCUT2D eigenvalue weighted by Crippen LogP contribution is -2.14. The van der Waals surface area contributed by atoms with Crippen molar-refractivity contribution in [1.29, 1.82) is 0 Å². The van der Waals surface area contributed by atoms with E-state index in [0.29, 0.717) is 33.9 Å². The lowest BCUT2D eigenvalue weighted by molar-refractivity contribution is 0.212. The van der Waals surface area contributed by atoms with Crippen LogP contribution in [-0.4, -0.2) is 11.2 Å². The monoisotopic (exact) mass is 280 g/mol. The van der Waals surface area contributed by atoms with Gasteiger partial charge in [-0.3, -0.25) is 4.79 Å². The zero-order valence-electron chi connectivity index (χ0n) is 11.8. The number of para-hydroxylation sites is 1. The van der Waals surface area contributed by atoms with Crippen LogP contribution in [-0.2, 0) is 6.42 Å². The van der Waals surface area contributed by atoms with Gasteiger partial charge in [0, 0.05) is 6.42 Å². The largest absolute Gasteiger partial charge is 0.456 e. The van der Waals surface area contributed by atoms with Gasteiger partial charge in [-0.1, -0.05) is 36.4 Å². The average Bonchev–Trinajstić information content (AvgIpc) is 2.47. The Morgan fingerprint density at radius 2 is 1.90 bits per heavy atom. The number of rotatable bonds is 3. The van der Waals surface area contributed by atoms with Crippen LogP contribution in [0, 0.1) is 0 Å². The van der Waals surface area contributed by atoms with Crippen LogP contribution >= 0.6 is 0 Å². The fourth-order valence-electron chi connectivity index (χ4n) is 2.47. The predicted octanol–water partition coefficient (Wildman–Crippen LogP) is 3.43. The first-order valence-electron chi connectivity index (χ1n) is 6.85. The summed E-state index contributed by atoms with van der Waals surface area (Å²) in [6.45, 7) is 5.52. The summed E-state index contributed by atoms with van der Waals surface area (Å²) < 4.78 is 5.81. The fraction of sp³-hybridized carbons (Fsp3) is 0.167. The van der Waals surface area contributed by atoms with Crippen molar-refractivity contribution in [2.24, 2.45) is 0 Å². The van der Waals surface area contributed by atoms with Gasteiger partial charge in [-0.05, 0) is 30.7 Å². The van der Waals surface area contributed by atoms with E-state index in [4.69, 9.17) is 4.42 Å². The summed E-state index contributed by atoms with van der Waals surface area (Å²) in [7, 11) is 0. The third-order valence-corrected chi connectivity index (χ3v) is 3.67. The third kappa shape index (κ3) is 2.36. The zero-order chi connectivity index (χ0) is 15.0. The average molecular weight is 280 g/mol. The number of hydrogen-bond acceptors (Lipinski definition) is 3. The van der Waals surface area contributed by atoms with Crippen LogP contribution in [0.25, 0.3) is 21.9 Å². The van der Waals surface area contributed by atoms with Crippen LogP contribution in [0.15, 0.2) is 63.8 Å². The molecule has 0 fully saturated rings. The highest BCUT2D eigenvalue weighted by atomic mass is 16.3. The van der Waals surface area contributed by atoms with Crippen LogP contribution in [0.5, 0.6) is 0 Å². The maximum absolute atomic E-state index is 12.7. The molecule has 0 aliphatic rings. The molecule has 0 spiro atoms. The van der Waals surface area contributed by atoms with Gasteiger partial charge in [0.1, 0.15) is 11.2 Å². The van der Waals surface area contributed by atoms with Crippen LogP contribution in [0.3, 0.4) is 0 Å². The Bertz CT molecular complexity index is 890. The topological polar surface area (TPSA) is 50.4 Å². The number of fused-ring (bicyclic) bond motifs is 2. The van der Waals surface area contributed by atoms with Crippen molar-refractivity contribution in [2.45, 2.75) is 19.4 Å². The van der Waals surface area contributed by atoms with Gasteiger partial charge in [0.2, 0.25) is 5.43 Å². The first-order chi connectivity index (χ1) is 10.1. The Balaban J connectivity index is 2.29. The number of aliphatic hydroxyl groups is 1. The lowest BCUT2D eigenvalue weighted by atomic mass is 9.99. The van der Waals surface area contributed by atoms with Crippen LogP contribution in [0.4, 0.5) is 0 Å². The summed E-state index contributed by atoms with van der Waals surface area (Å²) in [5.74, 6) is 0. The summed E-state index contributed by atoms with van der Waals surface area (Å²) >= 11 is 0. The second kappa shape index (κ2) is 5.19. The van der Waals surface area contributed by atoms with E-state index in [1.165, 1.54) is 0 Å². The van der Waals surface area contributed by atoms with Crippen molar-refractivity contribution in [3.05, 3.63) is 70.4 Å². The highest BCUT2D eigenvalue weighted by Crippen LogP contribution is 2.22. The van der Waals surface area contributed by atoms with Gasteiger partial charge in [0.25, 0.3) is 0 Å². The van der Waals surface area contributed by atoms with Crippen molar-refractivity contribution in [2.75, 3.05) is 0 Å². The summed E-state index contributed by atoms with van der Waals surface area (Å²) in [6, 6.07) is 12.7. The van der Waals surface area contributed by atoms with E-state index in [2.05, 4.69) is 6.58 Å².